The maximum Gasteiger partial charge on any atom is 0.159 e. The molecule has 112 valence electrons. The van der Waals surface area contributed by atoms with Crippen LogP contribution in [0.5, 0.6) is 5.75 Å². The zero-order chi connectivity index (χ0) is 15.5. The fourth-order valence-corrected chi connectivity index (χ4v) is 2.82. The number of carbonyl (C=O) groups is 1. The van der Waals surface area contributed by atoms with Gasteiger partial charge in [-0.05, 0) is 43.2 Å². The van der Waals surface area contributed by atoms with Crippen LogP contribution in [0.1, 0.15) is 40.5 Å². The summed E-state index contributed by atoms with van der Waals surface area (Å²) in [5.41, 5.74) is 4.73. The minimum absolute atomic E-state index is 0.0540. The lowest BCUT2D eigenvalue weighted by molar-refractivity contribution is 0.101. The number of benzene rings is 1. The highest BCUT2D eigenvalue weighted by atomic mass is 79.9. The molecule has 0 saturated heterocycles. The van der Waals surface area contributed by atoms with Crippen molar-refractivity contribution >= 4 is 27.3 Å². The molecule has 3 rings (SSSR count). The fraction of sp³-hybridized carbons (Fsp3) is 0.222. The lowest BCUT2D eigenvalue weighted by Gasteiger charge is -2.11. The summed E-state index contributed by atoms with van der Waals surface area (Å²) in [5, 5.41) is 0.884. The first kappa shape index (κ1) is 15.0. The lowest BCUT2D eigenvalue weighted by Crippen LogP contribution is -1.98. The molecule has 22 heavy (non-hydrogen) atoms. The van der Waals surface area contributed by atoms with E-state index in [1.807, 2.05) is 24.3 Å². The van der Waals surface area contributed by atoms with Gasteiger partial charge in [-0.2, -0.15) is 0 Å². The Morgan fingerprint density at radius 2 is 2.23 bits per heavy atom. The topological polar surface area (TPSA) is 39.2 Å². The molecule has 0 N–H and O–H groups in total. The summed E-state index contributed by atoms with van der Waals surface area (Å²) in [6.45, 7) is 2.02. The predicted molar refractivity (Wildman–Crippen MR) is 90.5 cm³/mol. The minimum atomic E-state index is 0.0540. The van der Waals surface area contributed by atoms with Gasteiger partial charge in [-0.1, -0.05) is 28.1 Å². The van der Waals surface area contributed by atoms with E-state index in [1.165, 1.54) is 0 Å². The number of ether oxygens (including phenoxy) is 1. The number of fused-ring (bicyclic) bond motifs is 2. The molecule has 1 aromatic heterocycles. The van der Waals surface area contributed by atoms with Gasteiger partial charge in [-0.25, -0.2) is 0 Å². The Kier molecular flexibility index (Phi) is 4.39. The molecular weight excluding hydrogens is 342 g/mol. The van der Waals surface area contributed by atoms with Crippen LogP contribution >= 0.6 is 15.9 Å². The summed E-state index contributed by atoms with van der Waals surface area (Å²) in [5.74, 6) is 0.849. The summed E-state index contributed by atoms with van der Waals surface area (Å²) in [6, 6.07) is 9.59. The van der Waals surface area contributed by atoms with E-state index in [1.54, 1.807) is 13.1 Å². The van der Waals surface area contributed by atoms with Gasteiger partial charge in [0.2, 0.25) is 0 Å². The second kappa shape index (κ2) is 6.44. The number of Topliss-reactive ketones (excluding diaryl/α,β-unsaturated/α-hetero) is 1. The summed E-state index contributed by atoms with van der Waals surface area (Å²) < 4.78 is 5.89. The molecule has 1 aromatic carbocycles. The minimum Gasteiger partial charge on any atom is -0.487 e. The number of rotatable bonds is 3. The third kappa shape index (κ3) is 2.83. The number of hydrogen-bond donors (Lipinski definition) is 0. The van der Waals surface area contributed by atoms with Gasteiger partial charge in [0.15, 0.2) is 5.78 Å². The predicted octanol–water partition coefficient (Wildman–Crippen LogP) is 4.39. The number of nitrogens with zero attached hydrogens (tertiary/aromatic N) is 1. The van der Waals surface area contributed by atoms with Crippen LogP contribution in [-0.4, -0.2) is 16.1 Å². The van der Waals surface area contributed by atoms with Crippen molar-refractivity contribution in [2.75, 3.05) is 5.33 Å². The molecule has 0 aliphatic carbocycles. The largest absolute Gasteiger partial charge is 0.487 e. The highest BCUT2D eigenvalue weighted by Crippen LogP contribution is 2.37. The van der Waals surface area contributed by atoms with Crippen LogP contribution in [0.25, 0.3) is 5.57 Å². The van der Waals surface area contributed by atoms with Gasteiger partial charge in [0.05, 0.1) is 5.69 Å². The Morgan fingerprint density at radius 3 is 3.00 bits per heavy atom. The number of hydrogen-bond acceptors (Lipinski definition) is 3. The van der Waals surface area contributed by atoms with E-state index in [0.29, 0.717) is 12.2 Å². The Labute approximate surface area is 138 Å². The SMILES string of the molecule is CC(=O)c1ccc2c(c1)C(=CCCBr)c1cccnc1CO2. The second-order valence-corrected chi connectivity index (χ2v) is 5.94. The quantitative estimate of drug-likeness (QED) is 0.603. The summed E-state index contributed by atoms with van der Waals surface area (Å²) in [7, 11) is 0. The normalized spacial score (nSPS) is 14.7. The van der Waals surface area contributed by atoms with Crippen molar-refractivity contribution in [1.29, 1.82) is 0 Å². The average Bonchev–Trinajstić information content (AvgIpc) is 2.69. The van der Waals surface area contributed by atoms with E-state index >= 15 is 0 Å². The number of allylic oxidation sites excluding steroid dienone is 1. The molecule has 3 nitrogen and oxygen atoms in total. The molecule has 1 aliphatic heterocycles. The van der Waals surface area contributed by atoms with Crippen LogP contribution in [-0.2, 0) is 6.61 Å². The molecule has 0 atom stereocenters. The van der Waals surface area contributed by atoms with Gasteiger partial charge in [-0.3, -0.25) is 9.78 Å². The van der Waals surface area contributed by atoms with E-state index in [-0.39, 0.29) is 5.78 Å². The van der Waals surface area contributed by atoms with Crippen LogP contribution in [0.15, 0.2) is 42.6 Å². The van der Waals surface area contributed by atoms with E-state index < -0.39 is 0 Å². The lowest BCUT2D eigenvalue weighted by atomic mass is 9.94. The molecule has 1 aliphatic rings. The molecule has 0 bridgehead atoms. The molecule has 0 unspecified atom stereocenters. The van der Waals surface area contributed by atoms with Gasteiger partial charge in [0.25, 0.3) is 0 Å². The van der Waals surface area contributed by atoms with Crippen LogP contribution in [0.4, 0.5) is 0 Å². The van der Waals surface area contributed by atoms with E-state index in [2.05, 4.69) is 33.1 Å². The fourth-order valence-electron chi connectivity index (χ4n) is 2.59. The van der Waals surface area contributed by atoms with Crippen molar-refractivity contribution in [2.45, 2.75) is 20.0 Å². The van der Waals surface area contributed by atoms with Crippen LogP contribution < -0.4 is 4.74 Å². The van der Waals surface area contributed by atoms with E-state index in [9.17, 15) is 4.79 Å². The van der Waals surface area contributed by atoms with Crippen molar-refractivity contribution in [3.05, 3.63) is 65.0 Å². The van der Waals surface area contributed by atoms with E-state index in [4.69, 9.17) is 4.74 Å². The number of alkyl halides is 1. The maximum absolute atomic E-state index is 11.7. The number of aromatic nitrogens is 1. The summed E-state index contributed by atoms with van der Waals surface area (Å²) in [6.07, 6.45) is 4.85. The van der Waals surface area contributed by atoms with Crippen molar-refractivity contribution < 1.29 is 9.53 Å². The van der Waals surface area contributed by atoms with Gasteiger partial charge >= 0.3 is 0 Å². The first-order valence-electron chi connectivity index (χ1n) is 7.19. The zero-order valence-corrected chi connectivity index (χ0v) is 13.9. The standard InChI is InChI=1S/C18H16BrNO2/c1-12(21)13-6-7-18-16(10-13)14(4-2-8-19)15-5-3-9-20-17(15)11-22-18/h3-7,9-10H,2,8,11H2,1H3. The summed E-state index contributed by atoms with van der Waals surface area (Å²) >= 11 is 3.47. The Hall–Kier alpha value is -1.94. The van der Waals surface area contributed by atoms with Gasteiger partial charge in [0, 0.05) is 28.2 Å². The van der Waals surface area contributed by atoms with Crippen molar-refractivity contribution in [3.63, 3.8) is 0 Å². The third-order valence-corrected chi connectivity index (χ3v) is 4.14. The molecule has 0 amide bonds. The number of ketones is 1. The number of pyridine rings is 1. The molecule has 2 aromatic rings. The average molecular weight is 358 g/mol. The molecule has 2 heterocycles. The van der Waals surface area contributed by atoms with Crippen LogP contribution in [0, 0.1) is 0 Å². The van der Waals surface area contributed by atoms with Crippen LogP contribution in [0.2, 0.25) is 0 Å². The van der Waals surface area contributed by atoms with Crippen LogP contribution in [0.3, 0.4) is 0 Å². The molecule has 0 radical (unpaired) electrons. The first-order chi connectivity index (χ1) is 10.7. The second-order valence-electron chi connectivity index (χ2n) is 5.15. The molecule has 0 fully saturated rings. The smallest absolute Gasteiger partial charge is 0.159 e. The third-order valence-electron chi connectivity index (χ3n) is 3.68. The Morgan fingerprint density at radius 1 is 1.36 bits per heavy atom. The molecule has 0 spiro atoms. The maximum atomic E-state index is 11.7. The highest BCUT2D eigenvalue weighted by molar-refractivity contribution is 9.09. The zero-order valence-electron chi connectivity index (χ0n) is 12.3. The first-order valence-corrected chi connectivity index (χ1v) is 8.31. The number of halogens is 1. The molecule has 0 saturated carbocycles. The highest BCUT2D eigenvalue weighted by Gasteiger charge is 2.20. The Bertz CT molecular complexity index is 753. The van der Waals surface area contributed by atoms with Gasteiger partial charge in [0.1, 0.15) is 12.4 Å². The van der Waals surface area contributed by atoms with Gasteiger partial charge in [-0.15, -0.1) is 0 Å². The molecular formula is C18H16BrNO2. The molecule has 4 heteroatoms. The Balaban J connectivity index is 2.21. The van der Waals surface area contributed by atoms with Crippen molar-refractivity contribution in [2.24, 2.45) is 0 Å². The van der Waals surface area contributed by atoms with Gasteiger partial charge < -0.3 is 4.74 Å². The monoisotopic (exact) mass is 357 g/mol. The van der Waals surface area contributed by atoms with Crippen molar-refractivity contribution in [1.82, 2.24) is 4.98 Å². The number of carbonyl (C=O) groups excluding carboxylic acids is 1. The van der Waals surface area contributed by atoms with Crippen molar-refractivity contribution in [3.8, 4) is 5.75 Å². The summed E-state index contributed by atoms with van der Waals surface area (Å²) in [4.78, 5) is 16.1. The van der Waals surface area contributed by atoms with E-state index in [0.717, 1.165) is 39.9 Å².